The average molecular weight is 345 g/mol. The van der Waals surface area contributed by atoms with E-state index in [-0.39, 0.29) is 17.7 Å². The van der Waals surface area contributed by atoms with Crippen LogP contribution in [-0.2, 0) is 9.53 Å². The quantitative estimate of drug-likeness (QED) is 0.851. The predicted molar refractivity (Wildman–Crippen MR) is 99.7 cm³/mol. The minimum atomic E-state index is -0.113. The molecule has 138 valence electrons. The zero-order valence-corrected chi connectivity index (χ0v) is 15.8. The summed E-state index contributed by atoms with van der Waals surface area (Å²) in [5.41, 5.74) is 2.38. The van der Waals surface area contributed by atoms with Crippen LogP contribution in [0.3, 0.4) is 0 Å². The van der Waals surface area contributed by atoms with Crippen molar-refractivity contribution in [1.29, 1.82) is 0 Å². The molecular formula is C20H31N3O2. The summed E-state index contributed by atoms with van der Waals surface area (Å²) < 4.78 is 6.24. The van der Waals surface area contributed by atoms with Crippen LogP contribution in [0.4, 0.5) is 0 Å². The van der Waals surface area contributed by atoms with E-state index in [0.717, 1.165) is 45.3 Å². The maximum atomic E-state index is 12.7. The van der Waals surface area contributed by atoms with Crippen LogP contribution in [0.15, 0.2) is 35.7 Å². The summed E-state index contributed by atoms with van der Waals surface area (Å²) in [5.74, 6) is 0.218. The molecule has 1 amide bonds. The Morgan fingerprint density at radius 3 is 2.92 bits per heavy atom. The van der Waals surface area contributed by atoms with Gasteiger partial charge in [0, 0.05) is 37.8 Å². The molecule has 0 bridgehead atoms. The van der Waals surface area contributed by atoms with E-state index in [1.54, 1.807) is 0 Å². The standard InChI is InChI=1S/C20H31N3O2/c1-4-5-6-18-13-17(14-21-18)7-8-19(24)23-15-20(25-16(23)2)9-11-22(3)12-10-20/h4-6,14,16,21H,7-13,15H2,1-3H3/b5-4-,18-6+. The molecule has 1 spiro atoms. The predicted octanol–water partition coefficient (Wildman–Crippen LogP) is 2.77. The SMILES string of the molecule is C/C=C\C=C1/CC(CCC(=O)N2CC3(CCN(C)CC3)OC2C)=CN1. The van der Waals surface area contributed by atoms with Crippen LogP contribution >= 0.6 is 0 Å². The van der Waals surface area contributed by atoms with Crippen molar-refractivity contribution in [1.82, 2.24) is 15.1 Å². The summed E-state index contributed by atoms with van der Waals surface area (Å²) in [6, 6.07) is 0. The lowest BCUT2D eigenvalue weighted by Gasteiger charge is -2.36. The number of hydrogen-bond acceptors (Lipinski definition) is 4. The van der Waals surface area contributed by atoms with Gasteiger partial charge in [-0.05, 0) is 51.8 Å². The van der Waals surface area contributed by atoms with E-state index in [4.69, 9.17) is 4.74 Å². The Kier molecular flexibility index (Phi) is 5.64. The summed E-state index contributed by atoms with van der Waals surface area (Å²) in [6.45, 7) is 6.88. The number of piperidine rings is 1. The van der Waals surface area contributed by atoms with Crippen LogP contribution in [-0.4, -0.2) is 54.2 Å². The number of likely N-dealkylation sites (tertiary alicyclic amines) is 1. The number of nitrogens with one attached hydrogen (secondary N) is 1. The fraction of sp³-hybridized carbons (Fsp3) is 0.650. The lowest BCUT2D eigenvalue weighted by atomic mass is 9.91. The molecule has 2 fully saturated rings. The Morgan fingerprint density at radius 1 is 1.44 bits per heavy atom. The zero-order valence-electron chi connectivity index (χ0n) is 15.8. The van der Waals surface area contributed by atoms with Crippen LogP contribution in [0.5, 0.6) is 0 Å². The third kappa shape index (κ3) is 4.33. The molecule has 3 rings (SSSR count). The molecule has 0 saturated carbocycles. The molecular weight excluding hydrogens is 314 g/mol. The lowest BCUT2D eigenvalue weighted by molar-refractivity contribution is -0.136. The van der Waals surface area contributed by atoms with Gasteiger partial charge in [-0.1, -0.05) is 12.2 Å². The van der Waals surface area contributed by atoms with Gasteiger partial charge in [0.05, 0.1) is 12.1 Å². The van der Waals surface area contributed by atoms with Crippen LogP contribution in [0.1, 0.15) is 46.0 Å². The minimum Gasteiger partial charge on any atom is -0.365 e. The smallest absolute Gasteiger partial charge is 0.225 e. The van der Waals surface area contributed by atoms with Gasteiger partial charge in [0.25, 0.3) is 0 Å². The van der Waals surface area contributed by atoms with E-state index < -0.39 is 0 Å². The van der Waals surface area contributed by atoms with Crippen molar-refractivity contribution in [2.75, 3.05) is 26.7 Å². The van der Waals surface area contributed by atoms with Crippen molar-refractivity contribution in [3.63, 3.8) is 0 Å². The molecule has 1 unspecified atom stereocenters. The number of amides is 1. The van der Waals surface area contributed by atoms with E-state index in [1.807, 2.05) is 37.1 Å². The molecule has 0 aliphatic carbocycles. The first kappa shape index (κ1) is 18.2. The maximum Gasteiger partial charge on any atom is 0.225 e. The topological polar surface area (TPSA) is 44.8 Å². The zero-order chi connectivity index (χ0) is 17.9. The number of rotatable bonds is 4. The van der Waals surface area contributed by atoms with E-state index in [9.17, 15) is 4.79 Å². The Morgan fingerprint density at radius 2 is 2.20 bits per heavy atom. The first-order valence-electron chi connectivity index (χ1n) is 9.43. The van der Waals surface area contributed by atoms with E-state index in [0.29, 0.717) is 6.42 Å². The monoisotopic (exact) mass is 345 g/mol. The van der Waals surface area contributed by atoms with Gasteiger partial charge < -0.3 is 19.9 Å². The third-order valence-electron chi connectivity index (χ3n) is 5.57. The van der Waals surface area contributed by atoms with Crippen LogP contribution in [0.25, 0.3) is 0 Å². The maximum absolute atomic E-state index is 12.7. The van der Waals surface area contributed by atoms with E-state index >= 15 is 0 Å². The molecule has 2 saturated heterocycles. The molecule has 3 aliphatic rings. The third-order valence-corrected chi connectivity index (χ3v) is 5.57. The first-order chi connectivity index (χ1) is 12.0. The van der Waals surface area contributed by atoms with Crippen LogP contribution in [0.2, 0.25) is 0 Å². The first-order valence-corrected chi connectivity index (χ1v) is 9.43. The highest BCUT2D eigenvalue weighted by molar-refractivity contribution is 5.77. The minimum absolute atomic E-state index is 0.100. The molecule has 0 aromatic carbocycles. The van der Waals surface area contributed by atoms with Crippen molar-refractivity contribution >= 4 is 5.91 Å². The summed E-state index contributed by atoms with van der Waals surface area (Å²) >= 11 is 0. The highest BCUT2D eigenvalue weighted by Crippen LogP contribution is 2.35. The number of hydrogen-bond donors (Lipinski definition) is 1. The number of ether oxygens (including phenoxy) is 1. The van der Waals surface area contributed by atoms with Gasteiger partial charge in [-0.3, -0.25) is 4.79 Å². The lowest BCUT2D eigenvalue weighted by Crippen LogP contribution is -2.46. The summed E-state index contributed by atoms with van der Waals surface area (Å²) in [4.78, 5) is 17.0. The van der Waals surface area contributed by atoms with Crippen molar-refractivity contribution in [3.05, 3.63) is 35.7 Å². The Hall–Kier alpha value is -1.59. The number of nitrogens with zero attached hydrogens (tertiary/aromatic N) is 2. The second-order valence-electron chi connectivity index (χ2n) is 7.57. The van der Waals surface area contributed by atoms with Crippen LogP contribution < -0.4 is 5.32 Å². The van der Waals surface area contributed by atoms with E-state index in [1.165, 1.54) is 11.3 Å². The summed E-state index contributed by atoms with van der Waals surface area (Å²) in [6.07, 6.45) is 12.4. The second-order valence-corrected chi connectivity index (χ2v) is 7.57. The van der Waals surface area contributed by atoms with Gasteiger partial charge in [-0.15, -0.1) is 0 Å². The Bertz CT molecular complexity index is 586. The number of carbonyl (C=O) groups excluding carboxylic acids is 1. The van der Waals surface area contributed by atoms with Crippen molar-refractivity contribution in [2.45, 2.75) is 57.8 Å². The normalized spacial score (nSPS) is 28.1. The molecule has 1 atom stereocenters. The molecule has 0 aromatic heterocycles. The van der Waals surface area contributed by atoms with Gasteiger partial charge in [0.15, 0.2) is 0 Å². The Labute approximate surface area is 151 Å². The molecule has 0 aromatic rings. The highest BCUT2D eigenvalue weighted by Gasteiger charge is 2.46. The van der Waals surface area contributed by atoms with E-state index in [2.05, 4.69) is 23.3 Å². The molecule has 5 heteroatoms. The molecule has 5 nitrogen and oxygen atoms in total. The van der Waals surface area contributed by atoms with Crippen molar-refractivity contribution < 1.29 is 9.53 Å². The molecule has 1 N–H and O–H groups in total. The van der Waals surface area contributed by atoms with Crippen molar-refractivity contribution in [3.8, 4) is 0 Å². The van der Waals surface area contributed by atoms with Crippen LogP contribution in [0, 0.1) is 0 Å². The van der Waals surface area contributed by atoms with Crippen molar-refractivity contribution in [2.24, 2.45) is 0 Å². The largest absolute Gasteiger partial charge is 0.365 e. The molecule has 3 heterocycles. The van der Waals surface area contributed by atoms with Gasteiger partial charge in [0.2, 0.25) is 5.91 Å². The summed E-state index contributed by atoms with van der Waals surface area (Å²) in [7, 11) is 2.15. The molecule has 0 radical (unpaired) electrons. The highest BCUT2D eigenvalue weighted by atomic mass is 16.5. The van der Waals surface area contributed by atoms with Gasteiger partial charge in [0.1, 0.15) is 6.23 Å². The average Bonchev–Trinajstić information content (AvgIpc) is 3.18. The fourth-order valence-corrected chi connectivity index (χ4v) is 3.93. The Balaban J connectivity index is 1.49. The van der Waals surface area contributed by atoms with Gasteiger partial charge >= 0.3 is 0 Å². The number of carbonyl (C=O) groups is 1. The number of allylic oxidation sites excluding steroid dienone is 4. The summed E-state index contributed by atoms with van der Waals surface area (Å²) in [5, 5.41) is 3.29. The molecule has 3 aliphatic heterocycles. The van der Waals surface area contributed by atoms with Gasteiger partial charge in [-0.2, -0.15) is 0 Å². The van der Waals surface area contributed by atoms with Gasteiger partial charge in [-0.25, -0.2) is 0 Å². The molecule has 25 heavy (non-hydrogen) atoms. The fourth-order valence-electron chi connectivity index (χ4n) is 3.93. The second kappa shape index (κ2) is 7.75.